The molecule has 1 saturated heterocycles. The molecule has 0 amide bonds. The number of furan rings is 1. The quantitative estimate of drug-likeness (QED) is 0.747. The van der Waals surface area contributed by atoms with E-state index in [1.165, 1.54) is 0 Å². The second kappa shape index (κ2) is 4.35. The number of nitrogens with one attached hydrogen (secondary N) is 1. The SMILES string of the molecule is OC1([C@]2(O)C[C@@H](c3ccco3)NO2)CCCCC1. The molecule has 1 aromatic rings. The highest BCUT2D eigenvalue weighted by Gasteiger charge is 2.56. The second-order valence-corrected chi connectivity index (χ2v) is 5.37. The second-order valence-electron chi connectivity index (χ2n) is 5.37. The molecule has 0 aromatic carbocycles. The first-order chi connectivity index (χ1) is 8.63. The van der Waals surface area contributed by atoms with Gasteiger partial charge in [-0.1, -0.05) is 19.3 Å². The minimum atomic E-state index is -1.52. The minimum absolute atomic E-state index is 0.212. The van der Waals surface area contributed by atoms with E-state index in [0.717, 1.165) is 19.3 Å². The van der Waals surface area contributed by atoms with Crippen LogP contribution in [-0.2, 0) is 4.84 Å². The average Bonchev–Trinajstić information content (AvgIpc) is 2.99. The Bertz CT molecular complexity index is 399. The summed E-state index contributed by atoms with van der Waals surface area (Å²) in [4.78, 5) is 5.31. The van der Waals surface area contributed by atoms with Gasteiger partial charge in [-0.15, -0.1) is 0 Å². The van der Waals surface area contributed by atoms with Crippen LogP contribution >= 0.6 is 0 Å². The van der Waals surface area contributed by atoms with Crippen molar-refractivity contribution in [3.8, 4) is 0 Å². The van der Waals surface area contributed by atoms with Crippen LogP contribution in [0.2, 0.25) is 0 Å². The molecule has 5 heteroatoms. The van der Waals surface area contributed by atoms with Gasteiger partial charge in [0, 0.05) is 6.42 Å². The van der Waals surface area contributed by atoms with Crippen molar-refractivity contribution in [1.82, 2.24) is 5.48 Å². The zero-order valence-electron chi connectivity index (χ0n) is 10.3. The van der Waals surface area contributed by atoms with Crippen molar-refractivity contribution in [3.63, 3.8) is 0 Å². The Morgan fingerprint density at radius 3 is 2.67 bits per heavy atom. The molecule has 2 heterocycles. The van der Waals surface area contributed by atoms with Crippen molar-refractivity contribution in [2.75, 3.05) is 0 Å². The fourth-order valence-corrected chi connectivity index (χ4v) is 2.99. The number of hydrogen-bond donors (Lipinski definition) is 3. The van der Waals surface area contributed by atoms with E-state index < -0.39 is 11.4 Å². The molecule has 18 heavy (non-hydrogen) atoms. The highest BCUT2D eigenvalue weighted by atomic mass is 16.8. The largest absolute Gasteiger partial charge is 0.468 e. The lowest BCUT2D eigenvalue weighted by molar-refractivity contribution is -0.303. The maximum absolute atomic E-state index is 10.6. The molecule has 100 valence electrons. The van der Waals surface area contributed by atoms with E-state index in [2.05, 4.69) is 5.48 Å². The lowest BCUT2D eigenvalue weighted by atomic mass is 9.77. The van der Waals surface area contributed by atoms with E-state index in [-0.39, 0.29) is 6.04 Å². The van der Waals surface area contributed by atoms with E-state index in [1.807, 2.05) is 6.07 Å². The van der Waals surface area contributed by atoms with Crippen molar-refractivity contribution in [2.45, 2.75) is 56.0 Å². The Hall–Kier alpha value is -0.880. The Balaban J connectivity index is 1.76. The summed E-state index contributed by atoms with van der Waals surface area (Å²) in [6.45, 7) is 0. The van der Waals surface area contributed by atoms with Crippen molar-refractivity contribution >= 4 is 0 Å². The smallest absolute Gasteiger partial charge is 0.216 e. The summed E-state index contributed by atoms with van der Waals surface area (Å²) in [5.41, 5.74) is 1.62. The molecule has 2 fully saturated rings. The molecular formula is C13H19NO4. The van der Waals surface area contributed by atoms with Crippen LogP contribution in [0.15, 0.2) is 22.8 Å². The first kappa shape index (κ1) is 12.2. The van der Waals surface area contributed by atoms with Crippen LogP contribution in [-0.4, -0.2) is 21.6 Å². The lowest BCUT2D eigenvalue weighted by Gasteiger charge is -2.41. The highest BCUT2D eigenvalue weighted by molar-refractivity contribution is 5.09. The maximum atomic E-state index is 10.6. The van der Waals surface area contributed by atoms with Gasteiger partial charge < -0.3 is 14.6 Å². The molecule has 1 aliphatic heterocycles. The highest BCUT2D eigenvalue weighted by Crippen LogP contribution is 2.44. The fourth-order valence-electron chi connectivity index (χ4n) is 2.99. The molecule has 5 nitrogen and oxygen atoms in total. The number of rotatable bonds is 2. The Labute approximate surface area is 106 Å². The van der Waals surface area contributed by atoms with E-state index in [0.29, 0.717) is 25.0 Å². The zero-order valence-corrected chi connectivity index (χ0v) is 10.3. The van der Waals surface area contributed by atoms with Gasteiger partial charge in [-0.2, -0.15) is 5.48 Å². The van der Waals surface area contributed by atoms with Crippen LogP contribution in [0.4, 0.5) is 0 Å². The van der Waals surface area contributed by atoms with Gasteiger partial charge in [0.2, 0.25) is 5.79 Å². The summed E-state index contributed by atoms with van der Waals surface area (Å²) in [6, 6.07) is 3.41. The standard InChI is InChI=1S/C13H19NO4/c15-12(6-2-1-3-7-12)13(16)9-10(14-18-13)11-5-4-8-17-11/h4-5,8,10,14-16H,1-3,6-7,9H2/t10-,13-/m0/s1. The predicted molar refractivity (Wildman–Crippen MR) is 63.3 cm³/mol. The van der Waals surface area contributed by atoms with Crippen LogP contribution < -0.4 is 5.48 Å². The monoisotopic (exact) mass is 253 g/mol. The predicted octanol–water partition coefficient (Wildman–Crippen LogP) is 1.63. The van der Waals surface area contributed by atoms with Crippen LogP contribution in [0.3, 0.4) is 0 Å². The summed E-state index contributed by atoms with van der Waals surface area (Å²) < 4.78 is 5.30. The summed E-state index contributed by atoms with van der Waals surface area (Å²) >= 11 is 0. The lowest BCUT2D eigenvalue weighted by Crippen LogP contribution is -2.55. The summed E-state index contributed by atoms with van der Waals surface area (Å²) in [5, 5.41) is 21.2. The average molecular weight is 253 g/mol. The van der Waals surface area contributed by atoms with E-state index >= 15 is 0 Å². The molecule has 0 radical (unpaired) electrons. The number of hydrogen-bond acceptors (Lipinski definition) is 5. The van der Waals surface area contributed by atoms with Gasteiger partial charge in [-0.05, 0) is 25.0 Å². The number of aliphatic hydroxyl groups is 2. The first-order valence-corrected chi connectivity index (χ1v) is 6.55. The third-order valence-electron chi connectivity index (χ3n) is 4.15. The molecule has 1 aliphatic carbocycles. The van der Waals surface area contributed by atoms with E-state index in [4.69, 9.17) is 9.25 Å². The normalized spacial score (nSPS) is 35.8. The first-order valence-electron chi connectivity index (χ1n) is 6.55. The molecule has 2 aliphatic rings. The third-order valence-corrected chi connectivity index (χ3v) is 4.15. The molecular weight excluding hydrogens is 234 g/mol. The van der Waals surface area contributed by atoms with Gasteiger partial charge in [0.05, 0.1) is 12.3 Å². The van der Waals surface area contributed by atoms with Crippen LogP contribution in [0, 0.1) is 0 Å². The summed E-state index contributed by atoms with van der Waals surface area (Å²) in [5.74, 6) is -0.810. The topological polar surface area (TPSA) is 74.9 Å². The van der Waals surface area contributed by atoms with Gasteiger partial charge in [-0.25, -0.2) is 0 Å². The van der Waals surface area contributed by atoms with Crippen LogP contribution in [0.1, 0.15) is 50.3 Å². The minimum Gasteiger partial charge on any atom is -0.468 e. The van der Waals surface area contributed by atoms with Crippen molar-refractivity contribution in [2.24, 2.45) is 0 Å². The van der Waals surface area contributed by atoms with Gasteiger partial charge in [0.1, 0.15) is 11.4 Å². The van der Waals surface area contributed by atoms with E-state index in [1.54, 1.807) is 12.3 Å². The Morgan fingerprint density at radius 1 is 1.22 bits per heavy atom. The molecule has 1 saturated carbocycles. The van der Waals surface area contributed by atoms with Crippen LogP contribution in [0.5, 0.6) is 0 Å². The molecule has 3 rings (SSSR count). The van der Waals surface area contributed by atoms with Crippen molar-refractivity contribution < 1.29 is 19.5 Å². The Kier molecular flexibility index (Phi) is 2.94. The number of hydroxylamine groups is 1. The van der Waals surface area contributed by atoms with E-state index in [9.17, 15) is 10.2 Å². The molecule has 2 atom stereocenters. The van der Waals surface area contributed by atoms with Crippen molar-refractivity contribution in [1.29, 1.82) is 0 Å². The molecule has 3 N–H and O–H groups in total. The molecule has 0 spiro atoms. The molecule has 0 unspecified atom stereocenters. The van der Waals surface area contributed by atoms with Crippen molar-refractivity contribution in [3.05, 3.63) is 24.2 Å². The van der Waals surface area contributed by atoms with Gasteiger partial charge in [0.25, 0.3) is 0 Å². The fraction of sp³-hybridized carbons (Fsp3) is 0.692. The van der Waals surface area contributed by atoms with Gasteiger partial charge >= 0.3 is 0 Å². The maximum Gasteiger partial charge on any atom is 0.216 e. The zero-order chi connectivity index (χ0) is 12.6. The Morgan fingerprint density at radius 2 is 2.00 bits per heavy atom. The summed E-state index contributed by atoms with van der Waals surface area (Å²) in [6.07, 6.45) is 6.00. The third kappa shape index (κ3) is 1.87. The molecule has 1 aromatic heterocycles. The van der Waals surface area contributed by atoms with Gasteiger partial charge in [-0.3, -0.25) is 4.84 Å². The molecule has 0 bridgehead atoms. The van der Waals surface area contributed by atoms with Crippen LogP contribution in [0.25, 0.3) is 0 Å². The summed E-state index contributed by atoms with van der Waals surface area (Å²) in [7, 11) is 0. The van der Waals surface area contributed by atoms with Gasteiger partial charge in [0.15, 0.2) is 0 Å².